The summed E-state index contributed by atoms with van der Waals surface area (Å²) in [6, 6.07) is 15.8. The molecular formula is C22H25NO4. The average molecular weight is 367 g/mol. The number of hydrogen-bond donors (Lipinski definition) is 1. The zero-order chi connectivity index (χ0) is 18.9. The van der Waals surface area contributed by atoms with E-state index in [2.05, 4.69) is 6.07 Å². The van der Waals surface area contributed by atoms with E-state index in [-0.39, 0.29) is 18.4 Å². The van der Waals surface area contributed by atoms with Crippen molar-refractivity contribution in [3.8, 4) is 11.5 Å². The second kappa shape index (κ2) is 7.24. The Labute approximate surface area is 159 Å². The van der Waals surface area contributed by atoms with Gasteiger partial charge in [-0.25, -0.2) is 0 Å². The van der Waals surface area contributed by atoms with Crippen LogP contribution < -0.4 is 9.47 Å². The van der Waals surface area contributed by atoms with Gasteiger partial charge in [0.25, 0.3) is 0 Å². The minimum Gasteiger partial charge on any atom is -0.497 e. The van der Waals surface area contributed by atoms with Gasteiger partial charge in [-0.1, -0.05) is 30.3 Å². The van der Waals surface area contributed by atoms with Crippen LogP contribution in [0.3, 0.4) is 0 Å². The molecule has 1 N–H and O–H groups in total. The van der Waals surface area contributed by atoms with Crippen molar-refractivity contribution < 1.29 is 19.4 Å². The van der Waals surface area contributed by atoms with Crippen LogP contribution in [0.25, 0.3) is 0 Å². The number of methoxy groups -OCH3 is 1. The second-order valence-corrected chi connectivity index (χ2v) is 7.52. The summed E-state index contributed by atoms with van der Waals surface area (Å²) in [6.45, 7) is 1.66. The van der Waals surface area contributed by atoms with Gasteiger partial charge in [-0.2, -0.15) is 0 Å². The van der Waals surface area contributed by atoms with Crippen LogP contribution in [-0.4, -0.2) is 49.3 Å². The Balaban J connectivity index is 1.45. The van der Waals surface area contributed by atoms with E-state index in [1.165, 1.54) is 0 Å². The van der Waals surface area contributed by atoms with Gasteiger partial charge < -0.3 is 19.5 Å². The van der Waals surface area contributed by atoms with Gasteiger partial charge in [0.05, 0.1) is 25.7 Å². The summed E-state index contributed by atoms with van der Waals surface area (Å²) in [6.07, 6.45) is 1.16. The van der Waals surface area contributed by atoms with Crippen molar-refractivity contribution in [2.45, 2.75) is 18.8 Å². The number of carbonyl (C=O) groups is 1. The topological polar surface area (TPSA) is 59.0 Å². The predicted molar refractivity (Wildman–Crippen MR) is 102 cm³/mol. The lowest BCUT2D eigenvalue weighted by atomic mass is 9.74. The predicted octanol–water partition coefficient (Wildman–Crippen LogP) is 2.62. The average Bonchev–Trinajstić information content (AvgIpc) is 3.13. The van der Waals surface area contributed by atoms with E-state index >= 15 is 0 Å². The lowest BCUT2D eigenvalue weighted by Gasteiger charge is -2.37. The van der Waals surface area contributed by atoms with Gasteiger partial charge in [0, 0.05) is 25.4 Å². The zero-order valence-electron chi connectivity index (χ0n) is 15.6. The minimum atomic E-state index is -0.399. The fourth-order valence-corrected chi connectivity index (χ4v) is 4.26. The zero-order valence-corrected chi connectivity index (χ0v) is 15.6. The third kappa shape index (κ3) is 3.28. The van der Waals surface area contributed by atoms with Crippen LogP contribution in [-0.2, 0) is 11.2 Å². The monoisotopic (exact) mass is 367 g/mol. The second-order valence-electron chi connectivity index (χ2n) is 7.52. The van der Waals surface area contributed by atoms with Crippen LogP contribution in [0.1, 0.15) is 23.5 Å². The van der Waals surface area contributed by atoms with E-state index in [9.17, 15) is 9.90 Å². The molecule has 0 unspecified atom stereocenters. The number of rotatable bonds is 5. The van der Waals surface area contributed by atoms with Crippen LogP contribution in [0.2, 0.25) is 0 Å². The SMILES string of the molecule is COc1ccc(CCC(=O)N2C[C@@H]3c4ccccc4OC[C@]3(CO)C2)cc1. The molecule has 2 aliphatic rings. The van der Waals surface area contributed by atoms with Crippen LogP contribution in [0.5, 0.6) is 11.5 Å². The molecule has 27 heavy (non-hydrogen) atoms. The van der Waals surface area contributed by atoms with Crippen molar-refractivity contribution in [1.82, 2.24) is 4.90 Å². The standard InChI is InChI=1S/C22H25NO4/c1-26-17-9-6-16(7-10-17)8-11-21(25)23-12-19-18-4-2-3-5-20(18)27-15-22(19,13-23)14-24/h2-7,9-10,19,24H,8,11-15H2,1H3/t19-,22-/m1/s1. The molecule has 1 amide bonds. The van der Waals surface area contributed by atoms with Gasteiger partial charge >= 0.3 is 0 Å². The molecule has 2 heterocycles. The molecule has 0 bridgehead atoms. The van der Waals surface area contributed by atoms with E-state index in [0.717, 1.165) is 22.6 Å². The molecule has 2 aliphatic heterocycles. The number of para-hydroxylation sites is 1. The Morgan fingerprint density at radius 2 is 2.04 bits per heavy atom. The van der Waals surface area contributed by atoms with Crippen LogP contribution in [0.4, 0.5) is 0 Å². The molecule has 0 spiro atoms. The van der Waals surface area contributed by atoms with E-state index in [0.29, 0.717) is 32.5 Å². The van der Waals surface area contributed by atoms with Crippen molar-refractivity contribution in [2.24, 2.45) is 5.41 Å². The summed E-state index contributed by atoms with van der Waals surface area (Å²) in [7, 11) is 1.64. The van der Waals surface area contributed by atoms with Crippen molar-refractivity contribution in [1.29, 1.82) is 0 Å². The summed E-state index contributed by atoms with van der Waals surface area (Å²) in [5.74, 6) is 1.94. The summed E-state index contributed by atoms with van der Waals surface area (Å²) in [5.41, 5.74) is 1.82. The Morgan fingerprint density at radius 3 is 2.78 bits per heavy atom. The summed E-state index contributed by atoms with van der Waals surface area (Å²) in [5, 5.41) is 10.1. The van der Waals surface area contributed by atoms with Crippen molar-refractivity contribution >= 4 is 5.91 Å². The highest BCUT2D eigenvalue weighted by molar-refractivity contribution is 5.77. The highest BCUT2D eigenvalue weighted by atomic mass is 16.5. The van der Waals surface area contributed by atoms with E-state index < -0.39 is 5.41 Å². The Morgan fingerprint density at radius 1 is 1.26 bits per heavy atom. The fraction of sp³-hybridized carbons (Fsp3) is 0.409. The van der Waals surface area contributed by atoms with Gasteiger partial charge in [0.15, 0.2) is 0 Å². The number of nitrogens with zero attached hydrogens (tertiary/aromatic N) is 1. The number of aryl methyl sites for hydroxylation is 1. The molecule has 1 fully saturated rings. The van der Waals surface area contributed by atoms with Crippen molar-refractivity contribution in [2.75, 3.05) is 33.4 Å². The lowest BCUT2D eigenvalue weighted by Crippen LogP contribution is -2.42. The maximum atomic E-state index is 12.8. The normalized spacial score (nSPS) is 23.3. The van der Waals surface area contributed by atoms with Crippen LogP contribution in [0.15, 0.2) is 48.5 Å². The van der Waals surface area contributed by atoms with E-state index in [4.69, 9.17) is 9.47 Å². The Hall–Kier alpha value is -2.53. The maximum absolute atomic E-state index is 12.8. The largest absolute Gasteiger partial charge is 0.497 e. The molecule has 0 aliphatic carbocycles. The maximum Gasteiger partial charge on any atom is 0.222 e. The van der Waals surface area contributed by atoms with E-state index in [1.807, 2.05) is 47.4 Å². The van der Waals surface area contributed by atoms with E-state index in [1.54, 1.807) is 7.11 Å². The molecule has 5 nitrogen and oxygen atoms in total. The third-order valence-electron chi connectivity index (χ3n) is 5.91. The minimum absolute atomic E-state index is 0.0221. The van der Waals surface area contributed by atoms with Crippen LogP contribution in [0, 0.1) is 5.41 Å². The molecule has 0 aromatic heterocycles. The molecule has 0 radical (unpaired) electrons. The first-order valence-corrected chi connectivity index (χ1v) is 9.38. The first kappa shape index (κ1) is 17.9. The number of fused-ring (bicyclic) bond motifs is 3. The molecule has 1 saturated heterocycles. The smallest absolute Gasteiger partial charge is 0.222 e. The number of carbonyl (C=O) groups excluding carboxylic acids is 1. The van der Waals surface area contributed by atoms with Crippen LogP contribution >= 0.6 is 0 Å². The number of likely N-dealkylation sites (tertiary alicyclic amines) is 1. The number of ether oxygens (including phenoxy) is 2. The number of aliphatic hydroxyl groups is 1. The Kier molecular flexibility index (Phi) is 4.79. The summed E-state index contributed by atoms with van der Waals surface area (Å²) >= 11 is 0. The molecule has 2 aromatic rings. The number of hydrogen-bond acceptors (Lipinski definition) is 4. The molecule has 2 aromatic carbocycles. The summed E-state index contributed by atoms with van der Waals surface area (Å²) in [4.78, 5) is 14.7. The molecular weight excluding hydrogens is 342 g/mol. The molecule has 0 saturated carbocycles. The highest BCUT2D eigenvalue weighted by Crippen LogP contribution is 2.49. The fourth-order valence-electron chi connectivity index (χ4n) is 4.26. The van der Waals surface area contributed by atoms with Gasteiger partial charge in [0.1, 0.15) is 11.5 Å². The van der Waals surface area contributed by atoms with Gasteiger partial charge in [0.2, 0.25) is 5.91 Å². The molecule has 2 atom stereocenters. The van der Waals surface area contributed by atoms with Gasteiger partial charge in [-0.15, -0.1) is 0 Å². The third-order valence-corrected chi connectivity index (χ3v) is 5.91. The molecule has 4 rings (SSSR count). The lowest BCUT2D eigenvalue weighted by molar-refractivity contribution is -0.130. The first-order chi connectivity index (χ1) is 13.1. The molecule has 142 valence electrons. The Bertz CT molecular complexity index is 819. The number of amides is 1. The highest BCUT2D eigenvalue weighted by Gasteiger charge is 2.51. The molecule has 5 heteroatoms. The summed E-state index contributed by atoms with van der Waals surface area (Å²) < 4.78 is 11.1. The van der Waals surface area contributed by atoms with Crippen molar-refractivity contribution in [3.63, 3.8) is 0 Å². The van der Waals surface area contributed by atoms with Gasteiger partial charge in [-0.3, -0.25) is 4.79 Å². The quantitative estimate of drug-likeness (QED) is 0.883. The van der Waals surface area contributed by atoms with Crippen molar-refractivity contribution in [3.05, 3.63) is 59.7 Å². The van der Waals surface area contributed by atoms with Gasteiger partial charge in [-0.05, 0) is 35.7 Å². The number of aliphatic hydroxyl groups excluding tert-OH is 1. The number of benzene rings is 2. The first-order valence-electron chi connectivity index (χ1n) is 9.38.